The lowest BCUT2D eigenvalue weighted by Crippen LogP contribution is -2.43. The minimum Gasteiger partial charge on any atom is -0.334 e. The summed E-state index contributed by atoms with van der Waals surface area (Å²) >= 11 is 0. The van der Waals surface area contributed by atoms with Crippen LogP contribution in [0.1, 0.15) is 43.9 Å². The van der Waals surface area contributed by atoms with E-state index in [0.29, 0.717) is 0 Å². The molecule has 0 saturated carbocycles. The Hall–Kier alpha value is -1.45. The van der Waals surface area contributed by atoms with E-state index >= 15 is 0 Å². The second kappa shape index (κ2) is 4.60. The molecule has 1 heterocycles. The van der Waals surface area contributed by atoms with Crippen molar-refractivity contribution in [2.75, 3.05) is 7.05 Å². The Labute approximate surface area is 96.7 Å². The fourth-order valence-corrected chi connectivity index (χ4v) is 1.10. The average molecular weight is 221 g/mol. The summed E-state index contributed by atoms with van der Waals surface area (Å²) in [6.45, 7) is 7.96. The number of amides is 1. The van der Waals surface area contributed by atoms with Crippen molar-refractivity contribution < 1.29 is 4.79 Å². The molecule has 0 aliphatic carbocycles. The lowest BCUT2D eigenvalue weighted by molar-refractivity contribution is 0.0643. The van der Waals surface area contributed by atoms with E-state index in [2.05, 4.69) is 9.97 Å². The SMILES string of the molecule is CCc1cnc(C(=O)N(C)C(C)(C)C)nc1. The molecule has 0 radical (unpaired) electrons. The highest BCUT2D eigenvalue weighted by Crippen LogP contribution is 2.12. The van der Waals surface area contributed by atoms with E-state index in [1.807, 2.05) is 27.7 Å². The van der Waals surface area contributed by atoms with Crippen LogP contribution < -0.4 is 0 Å². The van der Waals surface area contributed by atoms with Crippen LogP contribution in [0.4, 0.5) is 0 Å². The summed E-state index contributed by atoms with van der Waals surface area (Å²) in [5, 5.41) is 0. The van der Waals surface area contributed by atoms with Crippen LogP contribution >= 0.6 is 0 Å². The van der Waals surface area contributed by atoms with Gasteiger partial charge in [-0.05, 0) is 32.8 Å². The standard InChI is InChI=1S/C12H19N3O/c1-6-9-7-13-10(14-8-9)11(16)15(5)12(2,3)4/h7-8H,6H2,1-5H3. The molecule has 0 aliphatic heterocycles. The molecule has 0 aromatic carbocycles. The zero-order valence-corrected chi connectivity index (χ0v) is 10.6. The smallest absolute Gasteiger partial charge is 0.291 e. The van der Waals surface area contributed by atoms with Crippen molar-refractivity contribution in [1.29, 1.82) is 0 Å². The van der Waals surface area contributed by atoms with Gasteiger partial charge in [-0.2, -0.15) is 0 Å². The molecule has 0 atom stereocenters. The van der Waals surface area contributed by atoms with Crippen molar-refractivity contribution >= 4 is 5.91 Å². The zero-order chi connectivity index (χ0) is 12.3. The highest BCUT2D eigenvalue weighted by atomic mass is 16.2. The van der Waals surface area contributed by atoms with Gasteiger partial charge in [0.2, 0.25) is 5.82 Å². The van der Waals surface area contributed by atoms with Gasteiger partial charge in [-0.15, -0.1) is 0 Å². The van der Waals surface area contributed by atoms with E-state index in [1.165, 1.54) is 0 Å². The third kappa shape index (κ3) is 2.78. The molecule has 0 fully saturated rings. The zero-order valence-electron chi connectivity index (χ0n) is 10.6. The maximum absolute atomic E-state index is 12.0. The summed E-state index contributed by atoms with van der Waals surface area (Å²) < 4.78 is 0. The first-order valence-corrected chi connectivity index (χ1v) is 5.45. The minimum absolute atomic E-state index is 0.143. The largest absolute Gasteiger partial charge is 0.334 e. The van der Waals surface area contributed by atoms with Crippen LogP contribution in [-0.4, -0.2) is 33.4 Å². The molecule has 16 heavy (non-hydrogen) atoms. The molecule has 0 aliphatic rings. The van der Waals surface area contributed by atoms with Crippen molar-refractivity contribution in [3.8, 4) is 0 Å². The van der Waals surface area contributed by atoms with E-state index in [-0.39, 0.29) is 17.3 Å². The van der Waals surface area contributed by atoms with Crippen molar-refractivity contribution in [2.45, 2.75) is 39.7 Å². The molecule has 0 saturated heterocycles. The molecule has 1 amide bonds. The Balaban J connectivity index is 2.88. The van der Waals surface area contributed by atoms with Crippen molar-refractivity contribution in [3.63, 3.8) is 0 Å². The lowest BCUT2D eigenvalue weighted by atomic mass is 10.1. The Kier molecular flexibility index (Phi) is 3.62. The third-order valence-electron chi connectivity index (χ3n) is 2.62. The van der Waals surface area contributed by atoms with Gasteiger partial charge in [0.15, 0.2) is 0 Å². The molecule has 0 N–H and O–H groups in total. The fourth-order valence-electron chi connectivity index (χ4n) is 1.10. The van der Waals surface area contributed by atoms with E-state index in [4.69, 9.17) is 0 Å². The quantitative estimate of drug-likeness (QED) is 0.766. The fraction of sp³-hybridized carbons (Fsp3) is 0.583. The van der Waals surface area contributed by atoms with Crippen molar-refractivity contribution in [2.24, 2.45) is 0 Å². The van der Waals surface area contributed by atoms with Gasteiger partial charge in [0.05, 0.1) is 0 Å². The summed E-state index contributed by atoms with van der Waals surface area (Å²) in [4.78, 5) is 21.8. The third-order valence-corrected chi connectivity index (χ3v) is 2.62. The molecule has 88 valence electrons. The van der Waals surface area contributed by atoms with Gasteiger partial charge in [-0.25, -0.2) is 9.97 Å². The maximum Gasteiger partial charge on any atom is 0.291 e. The number of carbonyl (C=O) groups is 1. The van der Waals surface area contributed by atoms with Crippen LogP contribution in [0.5, 0.6) is 0 Å². The summed E-state index contributed by atoms with van der Waals surface area (Å²) in [6, 6.07) is 0. The van der Waals surface area contributed by atoms with Crippen LogP contribution in [0.25, 0.3) is 0 Å². The van der Waals surface area contributed by atoms with Gasteiger partial charge in [-0.3, -0.25) is 4.79 Å². The predicted octanol–water partition coefficient (Wildman–Crippen LogP) is 1.91. The molecule has 0 unspecified atom stereocenters. The number of hydrogen-bond donors (Lipinski definition) is 0. The molecule has 1 aromatic rings. The molecular weight excluding hydrogens is 202 g/mol. The summed E-state index contributed by atoms with van der Waals surface area (Å²) in [7, 11) is 1.76. The van der Waals surface area contributed by atoms with Crippen LogP contribution in [-0.2, 0) is 6.42 Å². The number of aromatic nitrogens is 2. The van der Waals surface area contributed by atoms with Gasteiger partial charge in [0.25, 0.3) is 5.91 Å². The Bertz CT molecular complexity index is 365. The first-order chi connectivity index (χ1) is 7.36. The first kappa shape index (κ1) is 12.6. The van der Waals surface area contributed by atoms with Crippen molar-refractivity contribution in [1.82, 2.24) is 14.9 Å². The Morgan fingerprint density at radius 2 is 1.81 bits per heavy atom. The predicted molar refractivity (Wildman–Crippen MR) is 63.3 cm³/mol. The molecule has 1 aromatic heterocycles. The second-order valence-electron chi connectivity index (χ2n) is 4.80. The molecule has 1 rings (SSSR count). The number of nitrogens with zero attached hydrogens (tertiary/aromatic N) is 3. The van der Waals surface area contributed by atoms with Gasteiger partial charge in [0.1, 0.15) is 0 Å². The van der Waals surface area contributed by atoms with Gasteiger partial charge in [0, 0.05) is 25.0 Å². The number of aryl methyl sites for hydroxylation is 1. The number of carbonyl (C=O) groups excluding carboxylic acids is 1. The van der Waals surface area contributed by atoms with Crippen LogP contribution in [0.3, 0.4) is 0 Å². The molecule has 4 heteroatoms. The highest BCUT2D eigenvalue weighted by Gasteiger charge is 2.24. The van der Waals surface area contributed by atoms with E-state index in [0.717, 1.165) is 12.0 Å². The van der Waals surface area contributed by atoms with E-state index in [1.54, 1.807) is 24.3 Å². The Morgan fingerprint density at radius 1 is 1.31 bits per heavy atom. The highest BCUT2D eigenvalue weighted by molar-refractivity contribution is 5.90. The molecular formula is C12H19N3O. The number of rotatable bonds is 2. The minimum atomic E-state index is -0.218. The summed E-state index contributed by atoms with van der Waals surface area (Å²) in [5.74, 6) is 0.116. The normalized spacial score (nSPS) is 11.3. The topological polar surface area (TPSA) is 46.1 Å². The first-order valence-electron chi connectivity index (χ1n) is 5.45. The average Bonchev–Trinajstić information content (AvgIpc) is 2.26. The number of hydrogen-bond acceptors (Lipinski definition) is 3. The summed E-state index contributed by atoms with van der Waals surface area (Å²) in [6.07, 6.45) is 4.29. The Morgan fingerprint density at radius 3 is 2.19 bits per heavy atom. The van der Waals surface area contributed by atoms with Crippen LogP contribution in [0.2, 0.25) is 0 Å². The van der Waals surface area contributed by atoms with E-state index < -0.39 is 0 Å². The van der Waals surface area contributed by atoms with Crippen molar-refractivity contribution in [3.05, 3.63) is 23.8 Å². The maximum atomic E-state index is 12.0. The monoisotopic (exact) mass is 221 g/mol. The van der Waals surface area contributed by atoms with Gasteiger partial charge < -0.3 is 4.90 Å². The molecule has 4 nitrogen and oxygen atoms in total. The van der Waals surface area contributed by atoms with Gasteiger partial charge in [-0.1, -0.05) is 6.92 Å². The van der Waals surface area contributed by atoms with E-state index in [9.17, 15) is 4.79 Å². The second-order valence-corrected chi connectivity index (χ2v) is 4.80. The lowest BCUT2D eigenvalue weighted by Gasteiger charge is -2.31. The molecule has 0 bridgehead atoms. The van der Waals surface area contributed by atoms with Crippen LogP contribution in [0.15, 0.2) is 12.4 Å². The summed E-state index contributed by atoms with van der Waals surface area (Å²) in [5.41, 5.74) is 0.819. The van der Waals surface area contributed by atoms with Crippen LogP contribution in [0, 0.1) is 0 Å². The molecule has 0 spiro atoms. The van der Waals surface area contributed by atoms with Gasteiger partial charge >= 0.3 is 0 Å².